The summed E-state index contributed by atoms with van der Waals surface area (Å²) in [5, 5.41) is 3.57. The predicted molar refractivity (Wildman–Crippen MR) is 71.6 cm³/mol. The first-order valence-electron chi connectivity index (χ1n) is 6.53. The predicted octanol–water partition coefficient (Wildman–Crippen LogP) is 3.49. The summed E-state index contributed by atoms with van der Waals surface area (Å²) in [6.07, 6.45) is 1.21. The summed E-state index contributed by atoms with van der Waals surface area (Å²) in [4.78, 5) is 0. The van der Waals surface area contributed by atoms with Gasteiger partial charge in [-0.2, -0.15) is 0 Å². The van der Waals surface area contributed by atoms with Gasteiger partial charge in [-0.1, -0.05) is 32.9 Å². The summed E-state index contributed by atoms with van der Waals surface area (Å²) in [6, 6.07) is 7.10. The van der Waals surface area contributed by atoms with Gasteiger partial charge in [-0.15, -0.1) is 0 Å². The highest BCUT2D eigenvalue weighted by molar-refractivity contribution is 5.41. The van der Waals surface area contributed by atoms with Crippen LogP contribution in [0.1, 0.15) is 50.3 Å². The van der Waals surface area contributed by atoms with E-state index in [2.05, 4.69) is 44.3 Å². The number of hydrogen-bond donors (Lipinski definition) is 1. The first kappa shape index (κ1) is 12.4. The third-order valence-corrected chi connectivity index (χ3v) is 3.65. The number of benzene rings is 1. The standard InChI is InChI=1S/C15H23NO/c1-10(2)12-5-6-13(15(8-12)17-4)14-7-11(3)9-16-14/h5-6,8,10-11,14,16H,7,9H2,1-4H3. The van der Waals surface area contributed by atoms with E-state index >= 15 is 0 Å². The number of rotatable bonds is 3. The highest BCUT2D eigenvalue weighted by atomic mass is 16.5. The second kappa shape index (κ2) is 5.09. The normalized spacial score (nSPS) is 24.3. The van der Waals surface area contributed by atoms with Crippen LogP contribution in [0.25, 0.3) is 0 Å². The van der Waals surface area contributed by atoms with E-state index in [1.165, 1.54) is 17.5 Å². The van der Waals surface area contributed by atoms with Gasteiger partial charge in [-0.25, -0.2) is 0 Å². The molecular weight excluding hydrogens is 210 g/mol. The molecule has 1 heterocycles. The molecule has 1 aromatic carbocycles. The van der Waals surface area contributed by atoms with Crippen LogP contribution < -0.4 is 10.1 Å². The molecule has 2 atom stereocenters. The van der Waals surface area contributed by atoms with Crippen LogP contribution in [0.4, 0.5) is 0 Å². The van der Waals surface area contributed by atoms with Gasteiger partial charge in [0.2, 0.25) is 0 Å². The summed E-state index contributed by atoms with van der Waals surface area (Å²) < 4.78 is 5.54. The molecule has 1 aliphatic rings. The zero-order valence-electron chi connectivity index (χ0n) is 11.3. The monoisotopic (exact) mass is 233 g/mol. The maximum atomic E-state index is 5.54. The molecule has 1 aliphatic heterocycles. The highest BCUT2D eigenvalue weighted by Crippen LogP contribution is 2.34. The van der Waals surface area contributed by atoms with Crippen LogP contribution in [-0.4, -0.2) is 13.7 Å². The number of methoxy groups -OCH3 is 1. The van der Waals surface area contributed by atoms with E-state index in [9.17, 15) is 0 Å². The van der Waals surface area contributed by atoms with Crippen LogP contribution in [0.15, 0.2) is 18.2 Å². The molecule has 2 heteroatoms. The lowest BCUT2D eigenvalue weighted by Crippen LogP contribution is -2.14. The Balaban J connectivity index is 2.28. The SMILES string of the molecule is COc1cc(C(C)C)ccc1C1CC(C)CN1. The molecular formula is C15H23NO. The van der Waals surface area contributed by atoms with Gasteiger partial charge < -0.3 is 10.1 Å². The molecule has 0 saturated carbocycles. The minimum atomic E-state index is 0.459. The Bertz CT molecular complexity index is 387. The molecule has 94 valence electrons. The average molecular weight is 233 g/mol. The number of nitrogens with one attached hydrogen (secondary N) is 1. The van der Waals surface area contributed by atoms with Crippen molar-refractivity contribution >= 4 is 0 Å². The Morgan fingerprint density at radius 2 is 2.12 bits per heavy atom. The summed E-state index contributed by atoms with van der Waals surface area (Å²) in [7, 11) is 1.77. The maximum Gasteiger partial charge on any atom is 0.123 e. The molecule has 0 spiro atoms. The molecule has 1 aromatic rings. The Hall–Kier alpha value is -1.02. The van der Waals surface area contributed by atoms with Crippen molar-refractivity contribution in [3.05, 3.63) is 29.3 Å². The van der Waals surface area contributed by atoms with Crippen molar-refractivity contribution in [1.82, 2.24) is 5.32 Å². The molecule has 2 unspecified atom stereocenters. The van der Waals surface area contributed by atoms with Crippen molar-refractivity contribution in [2.24, 2.45) is 5.92 Å². The fourth-order valence-electron chi connectivity index (χ4n) is 2.52. The smallest absolute Gasteiger partial charge is 0.123 e. The van der Waals surface area contributed by atoms with E-state index in [0.717, 1.165) is 18.2 Å². The largest absolute Gasteiger partial charge is 0.496 e. The summed E-state index contributed by atoms with van der Waals surface area (Å²) in [5.41, 5.74) is 2.65. The minimum absolute atomic E-state index is 0.459. The van der Waals surface area contributed by atoms with Crippen molar-refractivity contribution in [2.75, 3.05) is 13.7 Å². The molecule has 1 N–H and O–H groups in total. The number of hydrogen-bond acceptors (Lipinski definition) is 2. The molecule has 0 aliphatic carbocycles. The van der Waals surface area contributed by atoms with Crippen LogP contribution in [0.5, 0.6) is 5.75 Å². The summed E-state index contributed by atoms with van der Waals surface area (Å²) in [5.74, 6) is 2.34. The second-order valence-electron chi connectivity index (χ2n) is 5.46. The molecule has 0 aromatic heterocycles. The van der Waals surface area contributed by atoms with Gasteiger partial charge in [0.05, 0.1) is 7.11 Å². The first-order valence-corrected chi connectivity index (χ1v) is 6.53. The Morgan fingerprint density at radius 1 is 1.35 bits per heavy atom. The molecule has 1 saturated heterocycles. The number of ether oxygens (including phenoxy) is 1. The van der Waals surface area contributed by atoms with E-state index in [1.807, 2.05) is 0 Å². The zero-order valence-corrected chi connectivity index (χ0v) is 11.3. The second-order valence-corrected chi connectivity index (χ2v) is 5.46. The third-order valence-electron chi connectivity index (χ3n) is 3.65. The molecule has 0 radical (unpaired) electrons. The topological polar surface area (TPSA) is 21.3 Å². The highest BCUT2D eigenvalue weighted by Gasteiger charge is 2.24. The van der Waals surface area contributed by atoms with E-state index in [0.29, 0.717) is 12.0 Å². The van der Waals surface area contributed by atoms with Crippen LogP contribution in [0.3, 0.4) is 0 Å². The van der Waals surface area contributed by atoms with Crippen molar-refractivity contribution < 1.29 is 4.74 Å². The Kier molecular flexibility index (Phi) is 3.72. The lowest BCUT2D eigenvalue weighted by Gasteiger charge is -2.17. The van der Waals surface area contributed by atoms with Crippen LogP contribution >= 0.6 is 0 Å². The van der Waals surface area contributed by atoms with Crippen LogP contribution in [0, 0.1) is 5.92 Å². The summed E-state index contributed by atoms with van der Waals surface area (Å²) >= 11 is 0. The molecule has 2 nitrogen and oxygen atoms in total. The van der Waals surface area contributed by atoms with Gasteiger partial charge >= 0.3 is 0 Å². The fourth-order valence-corrected chi connectivity index (χ4v) is 2.52. The van der Waals surface area contributed by atoms with Crippen molar-refractivity contribution in [3.63, 3.8) is 0 Å². The molecule has 17 heavy (non-hydrogen) atoms. The third kappa shape index (κ3) is 2.63. The summed E-state index contributed by atoms with van der Waals surface area (Å²) in [6.45, 7) is 7.83. The fraction of sp³-hybridized carbons (Fsp3) is 0.600. The zero-order chi connectivity index (χ0) is 12.4. The molecule has 2 rings (SSSR count). The van der Waals surface area contributed by atoms with Gasteiger partial charge in [0.1, 0.15) is 5.75 Å². The van der Waals surface area contributed by atoms with Crippen molar-refractivity contribution in [3.8, 4) is 5.75 Å². The van der Waals surface area contributed by atoms with Crippen LogP contribution in [0.2, 0.25) is 0 Å². The van der Waals surface area contributed by atoms with E-state index in [1.54, 1.807) is 7.11 Å². The quantitative estimate of drug-likeness (QED) is 0.863. The van der Waals surface area contributed by atoms with Crippen LogP contribution in [-0.2, 0) is 0 Å². The van der Waals surface area contributed by atoms with E-state index < -0.39 is 0 Å². The van der Waals surface area contributed by atoms with Gasteiger partial charge in [0.25, 0.3) is 0 Å². The van der Waals surface area contributed by atoms with Gasteiger partial charge in [-0.3, -0.25) is 0 Å². The van der Waals surface area contributed by atoms with E-state index in [4.69, 9.17) is 4.74 Å². The van der Waals surface area contributed by atoms with Gasteiger partial charge in [-0.05, 0) is 36.4 Å². The average Bonchev–Trinajstić information content (AvgIpc) is 2.74. The van der Waals surface area contributed by atoms with Gasteiger partial charge in [0, 0.05) is 11.6 Å². The minimum Gasteiger partial charge on any atom is -0.496 e. The Labute approximate surface area is 104 Å². The lowest BCUT2D eigenvalue weighted by atomic mass is 9.96. The first-order chi connectivity index (χ1) is 8.11. The lowest BCUT2D eigenvalue weighted by molar-refractivity contribution is 0.402. The van der Waals surface area contributed by atoms with E-state index in [-0.39, 0.29) is 0 Å². The Morgan fingerprint density at radius 3 is 2.65 bits per heavy atom. The van der Waals surface area contributed by atoms with Crippen molar-refractivity contribution in [1.29, 1.82) is 0 Å². The molecule has 1 fully saturated rings. The van der Waals surface area contributed by atoms with Gasteiger partial charge in [0.15, 0.2) is 0 Å². The molecule has 0 bridgehead atoms. The maximum absolute atomic E-state index is 5.54. The molecule has 0 amide bonds. The van der Waals surface area contributed by atoms with Crippen molar-refractivity contribution in [2.45, 2.75) is 39.2 Å².